The molecule has 0 saturated carbocycles. The molecule has 6 nitrogen and oxygen atoms in total. The molecule has 0 saturated heterocycles. The summed E-state index contributed by atoms with van der Waals surface area (Å²) in [6, 6.07) is 6.07. The Labute approximate surface area is 158 Å². The lowest BCUT2D eigenvalue weighted by Gasteiger charge is -2.08. The average molecular weight is 372 g/mol. The van der Waals surface area contributed by atoms with Crippen molar-refractivity contribution in [2.75, 3.05) is 0 Å². The predicted octanol–water partition coefficient (Wildman–Crippen LogP) is 3.09. The molecule has 1 aliphatic carbocycles. The van der Waals surface area contributed by atoms with Crippen molar-refractivity contribution in [3.8, 4) is 5.69 Å². The lowest BCUT2D eigenvalue weighted by molar-refractivity contribution is -0.122. The van der Waals surface area contributed by atoms with Gasteiger partial charge in [-0.15, -0.1) is 0 Å². The van der Waals surface area contributed by atoms with Crippen LogP contribution in [0.15, 0.2) is 24.3 Å². The molecular formula is C20H25FN4O2. The second kappa shape index (κ2) is 8.33. The van der Waals surface area contributed by atoms with E-state index in [0.29, 0.717) is 12.1 Å². The highest BCUT2D eigenvalue weighted by Gasteiger charge is 2.25. The number of benzene rings is 1. The number of carbonyl (C=O) groups is 2. The van der Waals surface area contributed by atoms with Crippen LogP contribution in [0.4, 0.5) is 4.39 Å². The van der Waals surface area contributed by atoms with Crippen LogP contribution in [0, 0.1) is 11.7 Å². The van der Waals surface area contributed by atoms with E-state index in [-0.39, 0.29) is 17.6 Å². The van der Waals surface area contributed by atoms with Crippen LogP contribution in [0.3, 0.4) is 0 Å². The van der Waals surface area contributed by atoms with Gasteiger partial charge in [0, 0.05) is 17.7 Å². The van der Waals surface area contributed by atoms with Crippen LogP contribution >= 0.6 is 0 Å². The fourth-order valence-electron chi connectivity index (χ4n) is 3.36. The van der Waals surface area contributed by atoms with Gasteiger partial charge in [0.1, 0.15) is 5.82 Å². The summed E-state index contributed by atoms with van der Waals surface area (Å²) in [5.74, 6) is -0.771. The largest absolute Gasteiger partial charge is 0.290 e. The van der Waals surface area contributed by atoms with Crippen LogP contribution in [-0.2, 0) is 17.6 Å². The smallest absolute Gasteiger partial charge is 0.273 e. The van der Waals surface area contributed by atoms with Crippen LogP contribution in [-0.4, -0.2) is 21.6 Å². The normalized spacial score (nSPS) is 13.8. The minimum absolute atomic E-state index is 0.204. The van der Waals surface area contributed by atoms with Gasteiger partial charge < -0.3 is 0 Å². The first-order chi connectivity index (χ1) is 13.0. The lowest BCUT2D eigenvalue weighted by atomic mass is 10.1. The number of hydrazine groups is 1. The molecule has 2 amide bonds. The first-order valence-corrected chi connectivity index (χ1v) is 9.41. The van der Waals surface area contributed by atoms with Gasteiger partial charge in [-0.1, -0.05) is 20.3 Å². The molecular weight excluding hydrogens is 347 g/mol. The van der Waals surface area contributed by atoms with Gasteiger partial charge in [0.15, 0.2) is 5.69 Å². The zero-order valence-electron chi connectivity index (χ0n) is 15.7. The number of halogens is 1. The molecule has 0 fully saturated rings. The lowest BCUT2D eigenvalue weighted by Crippen LogP contribution is -2.42. The highest BCUT2D eigenvalue weighted by Crippen LogP contribution is 2.26. The highest BCUT2D eigenvalue weighted by molar-refractivity contribution is 5.95. The SMILES string of the molecule is CC(C)CC(=O)NNC(=O)c1nn(-c2ccc(F)cc2)c2c1CCCCC2. The van der Waals surface area contributed by atoms with Crippen molar-refractivity contribution < 1.29 is 14.0 Å². The Balaban J connectivity index is 1.87. The summed E-state index contributed by atoms with van der Waals surface area (Å²) < 4.78 is 15.0. The van der Waals surface area contributed by atoms with Crippen molar-refractivity contribution in [1.29, 1.82) is 0 Å². The molecule has 1 aromatic carbocycles. The molecule has 0 atom stereocenters. The van der Waals surface area contributed by atoms with Crippen molar-refractivity contribution >= 4 is 11.8 Å². The van der Waals surface area contributed by atoms with E-state index in [9.17, 15) is 14.0 Å². The minimum atomic E-state index is -0.425. The van der Waals surface area contributed by atoms with E-state index in [1.54, 1.807) is 16.8 Å². The molecule has 2 aromatic rings. The van der Waals surface area contributed by atoms with E-state index in [4.69, 9.17) is 0 Å². The summed E-state index contributed by atoms with van der Waals surface area (Å²) in [7, 11) is 0. The molecule has 0 aliphatic heterocycles. The van der Waals surface area contributed by atoms with Crippen molar-refractivity contribution in [3.63, 3.8) is 0 Å². The molecule has 1 heterocycles. The summed E-state index contributed by atoms with van der Waals surface area (Å²) in [5.41, 5.74) is 7.86. The second-order valence-electron chi connectivity index (χ2n) is 7.32. The molecule has 144 valence electrons. The number of nitrogens with zero attached hydrogens (tertiary/aromatic N) is 2. The Bertz CT molecular complexity index is 827. The van der Waals surface area contributed by atoms with Gasteiger partial charge in [-0.05, 0) is 55.9 Å². The quantitative estimate of drug-likeness (QED) is 0.640. The fraction of sp³-hybridized carbons (Fsp3) is 0.450. The third kappa shape index (κ3) is 4.53. The van der Waals surface area contributed by atoms with Gasteiger partial charge in [-0.2, -0.15) is 5.10 Å². The molecule has 3 rings (SSSR count). The van der Waals surface area contributed by atoms with Gasteiger partial charge in [0.25, 0.3) is 5.91 Å². The van der Waals surface area contributed by atoms with Crippen LogP contribution < -0.4 is 10.9 Å². The first-order valence-electron chi connectivity index (χ1n) is 9.41. The maximum atomic E-state index is 13.3. The van der Waals surface area contributed by atoms with E-state index in [0.717, 1.165) is 49.0 Å². The number of hydrogen-bond acceptors (Lipinski definition) is 3. The zero-order chi connectivity index (χ0) is 19.4. The molecule has 1 aromatic heterocycles. The van der Waals surface area contributed by atoms with E-state index in [1.807, 2.05) is 13.8 Å². The summed E-state index contributed by atoms with van der Waals surface area (Å²) in [6.45, 7) is 3.87. The summed E-state index contributed by atoms with van der Waals surface area (Å²) in [5, 5.41) is 4.50. The van der Waals surface area contributed by atoms with Gasteiger partial charge in [0.2, 0.25) is 5.91 Å². The number of hydrogen-bond donors (Lipinski definition) is 2. The third-order valence-corrected chi connectivity index (χ3v) is 4.63. The molecule has 0 unspecified atom stereocenters. The number of rotatable bonds is 4. The standard InChI is InChI=1S/C20H25FN4O2/c1-13(2)12-18(26)22-23-20(27)19-16-6-4-3-5-7-17(16)25(24-19)15-10-8-14(21)9-11-15/h8-11,13H,3-7,12H2,1-2H3,(H,22,26)(H,23,27). The summed E-state index contributed by atoms with van der Waals surface area (Å²) in [4.78, 5) is 24.5. The van der Waals surface area contributed by atoms with E-state index in [2.05, 4.69) is 16.0 Å². The summed E-state index contributed by atoms with van der Waals surface area (Å²) >= 11 is 0. The number of fused-ring (bicyclic) bond motifs is 1. The topological polar surface area (TPSA) is 76.0 Å². The van der Waals surface area contributed by atoms with Gasteiger partial charge >= 0.3 is 0 Å². The third-order valence-electron chi connectivity index (χ3n) is 4.63. The Hall–Kier alpha value is -2.70. The Morgan fingerprint density at radius 2 is 1.81 bits per heavy atom. The predicted molar refractivity (Wildman–Crippen MR) is 99.8 cm³/mol. The van der Waals surface area contributed by atoms with E-state index in [1.165, 1.54) is 12.1 Å². The Morgan fingerprint density at radius 3 is 2.52 bits per heavy atom. The maximum absolute atomic E-state index is 13.3. The Morgan fingerprint density at radius 1 is 1.11 bits per heavy atom. The molecule has 2 N–H and O–H groups in total. The molecule has 0 bridgehead atoms. The monoisotopic (exact) mass is 372 g/mol. The number of aromatic nitrogens is 2. The van der Waals surface area contributed by atoms with Crippen LogP contribution in [0.25, 0.3) is 5.69 Å². The van der Waals surface area contributed by atoms with Crippen molar-refractivity contribution in [2.24, 2.45) is 5.92 Å². The maximum Gasteiger partial charge on any atom is 0.290 e. The Kier molecular flexibility index (Phi) is 5.88. The van der Waals surface area contributed by atoms with Crippen LogP contribution in [0.5, 0.6) is 0 Å². The van der Waals surface area contributed by atoms with E-state index < -0.39 is 5.91 Å². The molecule has 0 radical (unpaired) electrons. The highest BCUT2D eigenvalue weighted by atomic mass is 19.1. The van der Waals surface area contributed by atoms with Gasteiger partial charge in [0.05, 0.1) is 5.69 Å². The molecule has 0 spiro atoms. The molecule has 7 heteroatoms. The number of nitrogens with one attached hydrogen (secondary N) is 2. The first kappa shape index (κ1) is 19.1. The average Bonchev–Trinajstić information content (AvgIpc) is 2.82. The van der Waals surface area contributed by atoms with Gasteiger partial charge in [-0.3, -0.25) is 20.4 Å². The fourth-order valence-corrected chi connectivity index (χ4v) is 3.36. The van der Waals surface area contributed by atoms with Crippen molar-refractivity contribution in [3.05, 3.63) is 47.0 Å². The van der Waals surface area contributed by atoms with Crippen LogP contribution in [0.1, 0.15) is 61.3 Å². The number of carbonyl (C=O) groups excluding carboxylic acids is 2. The summed E-state index contributed by atoms with van der Waals surface area (Å²) in [6.07, 6.45) is 5.01. The zero-order valence-corrected chi connectivity index (χ0v) is 15.7. The van der Waals surface area contributed by atoms with E-state index >= 15 is 0 Å². The van der Waals surface area contributed by atoms with Gasteiger partial charge in [-0.25, -0.2) is 9.07 Å². The van der Waals surface area contributed by atoms with Crippen molar-refractivity contribution in [1.82, 2.24) is 20.6 Å². The minimum Gasteiger partial charge on any atom is -0.273 e. The molecule has 27 heavy (non-hydrogen) atoms. The van der Waals surface area contributed by atoms with Crippen LogP contribution in [0.2, 0.25) is 0 Å². The molecule has 1 aliphatic rings. The second-order valence-corrected chi connectivity index (χ2v) is 7.32. The number of amides is 2. The van der Waals surface area contributed by atoms with Crippen molar-refractivity contribution in [2.45, 2.75) is 52.4 Å².